The van der Waals surface area contributed by atoms with E-state index in [1.807, 2.05) is 54.4 Å². The highest BCUT2D eigenvalue weighted by Crippen LogP contribution is 2.38. The van der Waals surface area contributed by atoms with Crippen LogP contribution in [0.15, 0.2) is 42.5 Å². The molecule has 0 aliphatic carbocycles. The minimum Gasteiger partial charge on any atom is -0.493 e. The summed E-state index contributed by atoms with van der Waals surface area (Å²) in [7, 11) is 6.57. The lowest BCUT2D eigenvalue weighted by molar-refractivity contribution is -0.119. The lowest BCUT2D eigenvalue weighted by Crippen LogP contribution is -2.34. The summed E-state index contributed by atoms with van der Waals surface area (Å²) in [6, 6.07) is 13.4. The fourth-order valence-corrected chi connectivity index (χ4v) is 2.48. The summed E-state index contributed by atoms with van der Waals surface area (Å²) in [5.74, 6) is 1.59. The lowest BCUT2D eigenvalue weighted by atomic mass is 10.1. The zero-order valence-corrected chi connectivity index (χ0v) is 15.0. The first-order chi connectivity index (χ1) is 12.1. The van der Waals surface area contributed by atoms with Crippen molar-refractivity contribution in [2.24, 2.45) is 0 Å². The third kappa shape index (κ3) is 4.79. The molecule has 0 aliphatic heterocycles. The van der Waals surface area contributed by atoms with Crippen molar-refractivity contribution in [3.63, 3.8) is 0 Å². The molecular weight excluding hydrogens is 320 g/mol. The summed E-state index contributed by atoms with van der Waals surface area (Å²) in [6.45, 7) is 0.645. The number of ether oxygens (including phenoxy) is 3. The van der Waals surface area contributed by atoms with E-state index in [1.54, 1.807) is 21.3 Å². The molecule has 0 spiro atoms. The number of hydrogen-bond donors (Lipinski definition) is 1. The predicted molar refractivity (Wildman–Crippen MR) is 97.7 cm³/mol. The van der Waals surface area contributed by atoms with Gasteiger partial charge in [0.2, 0.25) is 11.7 Å². The maximum Gasteiger partial charge on any atom is 0.239 e. The Hall–Kier alpha value is -2.89. The van der Waals surface area contributed by atoms with Gasteiger partial charge in [-0.15, -0.1) is 0 Å². The number of likely N-dealkylation sites (N-methyl/N-ethyl adjacent to an activating group) is 1. The second-order valence-corrected chi connectivity index (χ2v) is 5.50. The number of rotatable bonds is 8. The molecule has 0 aromatic heterocycles. The molecule has 2 rings (SSSR count). The minimum atomic E-state index is -0.0693. The molecule has 1 amide bonds. The summed E-state index contributed by atoms with van der Waals surface area (Å²) < 4.78 is 15.9. The standard InChI is InChI=1S/C19H24N2O4/c1-21(15-8-6-5-7-9-15)13-18(22)20-12-14-10-16(23-2)19(25-4)17(11-14)24-3/h5-11H,12-13H2,1-4H3,(H,20,22). The van der Waals surface area contributed by atoms with Crippen LogP contribution in [0.5, 0.6) is 17.2 Å². The van der Waals surface area contributed by atoms with Gasteiger partial charge in [0, 0.05) is 19.3 Å². The summed E-state index contributed by atoms with van der Waals surface area (Å²) in [5.41, 5.74) is 1.86. The molecule has 1 N–H and O–H groups in total. The second-order valence-electron chi connectivity index (χ2n) is 5.50. The summed E-state index contributed by atoms with van der Waals surface area (Å²) >= 11 is 0. The van der Waals surface area contributed by atoms with Gasteiger partial charge in [-0.05, 0) is 29.8 Å². The fourth-order valence-electron chi connectivity index (χ4n) is 2.48. The van der Waals surface area contributed by atoms with E-state index in [2.05, 4.69) is 5.32 Å². The Bertz CT molecular complexity index is 679. The Kier molecular flexibility index (Phi) is 6.51. The second kappa shape index (κ2) is 8.82. The first-order valence-corrected chi connectivity index (χ1v) is 7.90. The van der Waals surface area contributed by atoms with Crippen LogP contribution in [-0.4, -0.2) is 40.8 Å². The van der Waals surface area contributed by atoms with Gasteiger partial charge in [0.25, 0.3) is 0 Å². The zero-order valence-electron chi connectivity index (χ0n) is 15.0. The summed E-state index contributed by atoms with van der Waals surface area (Å²) in [5, 5.41) is 2.91. The molecule has 25 heavy (non-hydrogen) atoms. The third-order valence-electron chi connectivity index (χ3n) is 3.79. The normalized spacial score (nSPS) is 10.1. The maximum atomic E-state index is 12.2. The molecule has 0 bridgehead atoms. The van der Waals surface area contributed by atoms with Gasteiger partial charge in [-0.2, -0.15) is 0 Å². The van der Waals surface area contributed by atoms with Gasteiger partial charge in [-0.25, -0.2) is 0 Å². The summed E-state index contributed by atoms with van der Waals surface area (Å²) in [6.07, 6.45) is 0. The van der Waals surface area contributed by atoms with Gasteiger partial charge in [0.05, 0.1) is 27.9 Å². The highest BCUT2D eigenvalue weighted by molar-refractivity contribution is 5.81. The van der Waals surface area contributed by atoms with Gasteiger partial charge in [-0.1, -0.05) is 18.2 Å². The Morgan fingerprint density at radius 2 is 1.60 bits per heavy atom. The van der Waals surface area contributed by atoms with Crippen LogP contribution < -0.4 is 24.4 Å². The Morgan fingerprint density at radius 1 is 1.00 bits per heavy atom. The number of amides is 1. The van der Waals surface area contributed by atoms with E-state index in [0.29, 0.717) is 23.8 Å². The number of carbonyl (C=O) groups excluding carboxylic acids is 1. The maximum absolute atomic E-state index is 12.2. The smallest absolute Gasteiger partial charge is 0.239 e. The molecule has 6 heteroatoms. The molecule has 0 saturated heterocycles. The first kappa shape index (κ1) is 18.4. The van der Waals surface area contributed by atoms with Gasteiger partial charge < -0.3 is 24.4 Å². The number of carbonyl (C=O) groups is 1. The number of methoxy groups -OCH3 is 3. The molecule has 0 heterocycles. The van der Waals surface area contributed by atoms with E-state index in [-0.39, 0.29) is 12.5 Å². The topological polar surface area (TPSA) is 60.0 Å². The molecule has 2 aromatic rings. The molecular formula is C19H24N2O4. The Morgan fingerprint density at radius 3 is 2.12 bits per heavy atom. The number of nitrogens with zero attached hydrogens (tertiary/aromatic N) is 1. The van der Waals surface area contributed by atoms with Crippen molar-refractivity contribution in [2.75, 3.05) is 39.8 Å². The molecule has 0 radical (unpaired) electrons. The van der Waals surface area contributed by atoms with Crippen molar-refractivity contribution in [2.45, 2.75) is 6.54 Å². The van der Waals surface area contributed by atoms with Gasteiger partial charge in [0.15, 0.2) is 11.5 Å². The van der Waals surface area contributed by atoms with E-state index in [0.717, 1.165) is 11.3 Å². The largest absolute Gasteiger partial charge is 0.493 e. The van der Waals surface area contributed by atoms with E-state index >= 15 is 0 Å². The van der Waals surface area contributed by atoms with Crippen molar-refractivity contribution < 1.29 is 19.0 Å². The lowest BCUT2D eigenvalue weighted by Gasteiger charge is -2.19. The van der Waals surface area contributed by atoms with Crippen LogP contribution in [0.3, 0.4) is 0 Å². The van der Waals surface area contributed by atoms with Crippen molar-refractivity contribution in [3.05, 3.63) is 48.0 Å². The Labute approximate surface area is 148 Å². The summed E-state index contributed by atoms with van der Waals surface area (Å²) in [4.78, 5) is 14.1. The highest BCUT2D eigenvalue weighted by atomic mass is 16.5. The minimum absolute atomic E-state index is 0.0693. The zero-order chi connectivity index (χ0) is 18.2. The van der Waals surface area contributed by atoms with Crippen LogP contribution in [0.25, 0.3) is 0 Å². The number of hydrogen-bond acceptors (Lipinski definition) is 5. The average molecular weight is 344 g/mol. The van der Waals surface area contributed by atoms with Crippen LogP contribution in [0.1, 0.15) is 5.56 Å². The third-order valence-corrected chi connectivity index (χ3v) is 3.79. The average Bonchev–Trinajstić information content (AvgIpc) is 2.65. The van der Waals surface area contributed by atoms with Crippen molar-refractivity contribution in [1.29, 1.82) is 0 Å². The van der Waals surface area contributed by atoms with Gasteiger partial charge in [0.1, 0.15) is 0 Å². The predicted octanol–water partition coefficient (Wildman–Crippen LogP) is 2.46. The molecule has 0 saturated carbocycles. The quantitative estimate of drug-likeness (QED) is 0.797. The van der Waals surface area contributed by atoms with Gasteiger partial charge >= 0.3 is 0 Å². The van der Waals surface area contributed by atoms with E-state index in [9.17, 15) is 4.79 Å². The molecule has 6 nitrogen and oxygen atoms in total. The number of para-hydroxylation sites is 1. The van der Waals surface area contributed by atoms with Crippen LogP contribution in [0.4, 0.5) is 5.69 Å². The van der Waals surface area contributed by atoms with Crippen LogP contribution in [0.2, 0.25) is 0 Å². The molecule has 0 fully saturated rings. The Balaban J connectivity index is 1.99. The fraction of sp³-hybridized carbons (Fsp3) is 0.316. The van der Waals surface area contributed by atoms with E-state index in [1.165, 1.54) is 0 Å². The monoisotopic (exact) mass is 344 g/mol. The molecule has 0 unspecified atom stereocenters. The van der Waals surface area contributed by atoms with Gasteiger partial charge in [-0.3, -0.25) is 4.79 Å². The van der Waals surface area contributed by atoms with Crippen LogP contribution in [-0.2, 0) is 11.3 Å². The molecule has 0 atom stereocenters. The van der Waals surface area contributed by atoms with Crippen molar-refractivity contribution in [1.82, 2.24) is 5.32 Å². The highest BCUT2D eigenvalue weighted by Gasteiger charge is 2.14. The van der Waals surface area contributed by atoms with Crippen molar-refractivity contribution in [3.8, 4) is 17.2 Å². The SMILES string of the molecule is COc1cc(CNC(=O)CN(C)c2ccccc2)cc(OC)c1OC. The van der Waals surface area contributed by atoms with Crippen molar-refractivity contribution >= 4 is 11.6 Å². The number of benzene rings is 2. The molecule has 2 aromatic carbocycles. The first-order valence-electron chi connectivity index (χ1n) is 7.90. The number of nitrogens with one attached hydrogen (secondary N) is 1. The van der Waals surface area contributed by atoms with E-state index in [4.69, 9.17) is 14.2 Å². The van der Waals surface area contributed by atoms with Crippen LogP contribution >= 0.6 is 0 Å². The molecule has 134 valence electrons. The van der Waals surface area contributed by atoms with Crippen LogP contribution in [0, 0.1) is 0 Å². The van der Waals surface area contributed by atoms with E-state index < -0.39 is 0 Å². The number of anilines is 1. The molecule has 0 aliphatic rings.